The van der Waals surface area contributed by atoms with E-state index in [-0.39, 0.29) is 32.0 Å². The predicted octanol–water partition coefficient (Wildman–Crippen LogP) is 5.48. The van der Waals surface area contributed by atoms with Crippen LogP contribution in [0.5, 0.6) is 11.5 Å². The molecule has 0 bridgehead atoms. The number of ether oxygens (including phenoxy) is 3. The first-order valence-corrected chi connectivity index (χ1v) is 10.7. The molecule has 34 heavy (non-hydrogen) atoms. The molecule has 0 atom stereocenters. The molecule has 0 radical (unpaired) electrons. The van der Waals surface area contributed by atoms with Crippen LogP contribution in [-0.2, 0) is 9.53 Å². The van der Waals surface area contributed by atoms with Crippen molar-refractivity contribution in [3.05, 3.63) is 83.9 Å². The summed E-state index contributed by atoms with van der Waals surface area (Å²) in [5.74, 6) is -0.821. The van der Waals surface area contributed by atoms with Crippen LogP contribution in [0.2, 0.25) is 0 Å². The van der Waals surface area contributed by atoms with Gasteiger partial charge in [-0.1, -0.05) is 36.9 Å². The van der Waals surface area contributed by atoms with Gasteiger partial charge in [0.2, 0.25) is 0 Å². The van der Waals surface area contributed by atoms with E-state index in [1.807, 2.05) is 0 Å². The molecule has 0 saturated heterocycles. The molecule has 5 nitrogen and oxygen atoms in total. The first-order chi connectivity index (χ1) is 16.3. The molecule has 3 rings (SSSR count). The number of rotatable bonds is 10. The van der Waals surface area contributed by atoms with Gasteiger partial charge in [0.15, 0.2) is 11.5 Å². The fourth-order valence-corrected chi connectivity index (χ4v) is 3.24. The van der Waals surface area contributed by atoms with Gasteiger partial charge in [-0.25, -0.2) is 13.6 Å². The van der Waals surface area contributed by atoms with Gasteiger partial charge in [0.1, 0.15) is 31.5 Å². The average Bonchev–Trinajstić information content (AvgIpc) is 2.80. The van der Waals surface area contributed by atoms with Crippen LogP contribution in [0.15, 0.2) is 66.7 Å². The Hall–Kier alpha value is -3.71. The summed E-state index contributed by atoms with van der Waals surface area (Å²) in [6, 6.07) is 14.2. The molecule has 0 heterocycles. The fourth-order valence-electron chi connectivity index (χ4n) is 3.24. The quantitative estimate of drug-likeness (QED) is 0.243. The smallest absolute Gasteiger partial charge is 0.333 e. The third-order valence-corrected chi connectivity index (χ3v) is 4.93. The maximum atomic E-state index is 15.0. The van der Waals surface area contributed by atoms with Crippen molar-refractivity contribution in [2.24, 2.45) is 0 Å². The van der Waals surface area contributed by atoms with E-state index in [0.29, 0.717) is 33.8 Å². The molecule has 0 amide bonds. The predicted molar refractivity (Wildman–Crippen MR) is 126 cm³/mol. The number of carbonyl (C=O) groups excluding carboxylic acids is 1. The highest BCUT2D eigenvalue weighted by Crippen LogP contribution is 2.35. The maximum absolute atomic E-state index is 15.0. The second kappa shape index (κ2) is 11.4. The summed E-state index contributed by atoms with van der Waals surface area (Å²) >= 11 is 0. The van der Waals surface area contributed by atoms with Crippen molar-refractivity contribution >= 4 is 5.97 Å². The van der Waals surface area contributed by atoms with Crippen LogP contribution in [0.3, 0.4) is 0 Å². The van der Waals surface area contributed by atoms with E-state index in [1.54, 1.807) is 56.3 Å². The molecular weight excluding hydrogens is 442 g/mol. The summed E-state index contributed by atoms with van der Waals surface area (Å²) in [7, 11) is 0. The zero-order valence-corrected chi connectivity index (χ0v) is 19.1. The van der Waals surface area contributed by atoms with E-state index in [4.69, 9.17) is 19.3 Å². The number of hydrogen-bond donors (Lipinski definition) is 1. The minimum absolute atomic E-state index is 0.0134. The van der Waals surface area contributed by atoms with Gasteiger partial charge in [0.25, 0.3) is 0 Å². The molecule has 3 aromatic rings. The van der Waals surface area contributed by atoms with Crippen LogP contribution in [0.25, 0.3) is 22.3 Å². The zero-order chi connectivity index (χ0) is 24.7. The van der Waals surface area contributed by atoms with Crippen molar-refractivity contribution in [3.63, 3.8) is 0 Å². The topological polar surface area (TPSA) is 65.0 Å². The van der Waals surface area contributed by atoms with Gasteiger partial charge >= 0.3 is 5.97 Å². The summed E-state index contributed by atoms with van der Waals surface area (Å²) in [5, 5.41) is 9.06. The summed E-state index contributed by atoms with van der Waals surface area (Å²) in [6.07, 6.45) is 0. The molecule has 178 valence electrons. The number of aryl methyl sites for hydroxylation is 1. The Bertz CT molecular complexity index is 1190. The van der Waals surface area contributed by atoms with Crippen molar-refractivity contribution in [1.29, 1.82) is 0 Å². The molecule has 0 fully saturated rings. The minimum Gasteiger partial charge on any atom is -0.487 e. The lowest BCUT2D eigenvalue weighted by molar-refractivity contribution is -0.139. The van der Waals surface area contributed by atoms with Crippen molar-refractivity contribution in [1.82, 2.24) is 0 Å². The highest BCUT2D eigenvalue weighted by atomic mass is 19.1. The molecule has 3 aromatic carbocycles. The second-order valence-electron chi connectivity index (χ2n) is 7.68. The standard InChI is InChI=1S/C27H26F2O5/c1-17(2)27(31)34-13-12-33-26-16-20(6-9-25(26)32-11-10-30)22-8-5-19(15-24(22)29)21-7-4-18(3)14-23(21)28/h4-9,14-16,30H,1,10-13H2,2-3H3. The number of esters is 1. The SMILES string of the molecule is C=C(C)C(=O)OCCOc1cc(-c2ccc(-c3ccc(C)cc3F)cc2F)ccc1OCCO. The highest BCUT2D eigenvalue weighted by molar-refractivity contribution is 5.86. The van der Waals surface area contributed by atoms with Gasteiger partial charge in [-0.2, -0.15) is 0 Å². The third kappa shape index (κ3) is 6.20. The molecular formula is C27H26F2O5. The lowest BCUT2D eigenvalue weighted by Gasteiger charge is -2.15. The Balaban J connectivity index is 1.84. The molecule has 0 aliphatic rings. The Kier molecular flexibility index (Phi) is 8.38. The number of carbonyl (C=O) groups is 1. The van der Waals surface area contributed by atoms with Crippen LogP contribution in [0, 0.1) is 18.6 Å². The van der Waals surface area contributed by atoms with E-state index in [2.05, 4.69) is 6.58 Å². The number of halogens is 2. The highest BCUT2D eigenvalue weighted by Gasteiger charge is 2.14. The molecule has 0 spiro atoms. The number of aliphatic hydroxyl groups is 1. The summed E-state index contributed by atoms with van der Waals surface area (Å²) in [4.78, 5) is 11.5. The Morgan fingerprint density at radius 3 is 2.12 bits per heavy atom. The van der Waals surface area contributed by atoms with Crippen molar-refractivity contribution in [2.75, 3.05) is 26.4 Å². The van der Waals surface area contributed by atoms with Gasteiger partial charge in [0, 0.05) is 16.7 Å². The maximum Gasteiger partial charge on any atom is 0.333 e. The zero-order valence-electron chi connectivity index (χ0n) is 19.1. The van der Waals surface area contributed by atoms with Crippen LogP contribution in [0.4, 0.5) is 8.78 Å². The third-order valence-electron chi connectivity index (χ3n) is 4.93. The van der Waals surface area contributed by atoms with Crippen LogP contribution in [-0.4, -0.2) is 37.5 Å². The van der Waals surface area contributed by atoms with Gasteiger partial charge in [-0.15, -0.1) is 0 Å². The van der Waals surface area contributed by atoms with Gasteiger partial charge < -0.3 is 19.3 Å². The van der Waals surface area contributed by atoms with E-state index >= 15 is 4.39 Å². The Morgan fingerprint density at radius 2 is 1.47 bits per heavy atom. The van der Waals surface area contributed by atoms with Crippen LogP contribution >= 0.6 is 0 Å². The van der Waals surface area contributed by atoms with E-state index in [9.17, 15) is 9.18 Å². The van der Waals surface area contributed by atoms with Crippen LogP contribution in [0.1, 0.15) is 12.5 Å². The minimum atomic E-state index is -0.527. The number of benzene rings is 3. The van der Waals surface area contributed by atoms with Crippen molar-refractivity contribution in [3.8, 4) is 33.8 Å². The van der Waals surface area contributed by atoms with E-state index in [0.717, 1.165) is 5.56 Å². The Labute approximate surface area is 197 Å². The summed E-state index contributed by atoms with van der Waals surface area (Å²) in [5.41, 5.74) is 2.61. The average molecular weight is 468 g/mol. The second-order valence-corrected chi connectivity index (χ2v) is 7.68. The molecule has 7 heteroatoms. The molecule has 1 N–H and O–H groups in total. The molecule has 0 aliphatic heterocycles. The van der Waals surface area contributed by atoms with E-state index in [1.165, 1.54) is 12.1 Å². The molecule has 0 aliphatic carbocycles. The molecule has 0 unspecified atom stereocenters. The van der Waals surface area contributed by atoms with Gasteiger partial charge in [-0.05, 0) is 54.8 Å². The fraction of sp³-hybridized carbons (Fsp3) is 0.222. The summed E-state index contributed by atoms with van der Waals surface area (Å²) < 4.78 is 45.6. The number of hydrogen-bond acceptors (Lipinski definition) is 5. The van der Waals surface area contributed by atoms with Gasteiger partial charge in [-0.3, -0.25) is 0 Å². The summed E-state index contributed by atoms with van der Waals surface area (Å²) in [6.45, 7) is 6.72. The first-order valence-electron chi connectivity index (χ1n) is 10.7. The Morgan fingerprint density at radius 1 is 0.853 bits per heavy atom. The lowest BCUT2D eigenvalue weighted by atomic mass is 9.98. The van der Waals surface area contributed by atoms with E-state index < -0.39 is 17.6 Å². The number of aliphatic hydroxyl groups excluding tert-OH is 1. The first kappa shape index (κ1) is 24.9. The van der Waals surface area contributed by atoms with Crippen LogP contribution < -0.4 is 9.47 Å². The lowest BCUT2D eigenvalue weighted by Crippen LogP contribution is -2.13. The largest absolute Gasteiger partial charge is 0.487 e. The van der Waals surface area contributed by atoms with Crippen molar-refractivity contribution < 1.29 is 32.9 Å². The van der Waals surface area contributed by atoms with Gasteiger partial charge in [0.05, 0.1) is 6.61 Å². The monoisotopic (exact) mass is 468 g/mol. The molecule has 0 aromatic heterocycles. The normalized spacial score (nSPS) is 10.6. The van der Waals surface area contributed by atoms with Crippen molar-refractivity contribution in [2.45, 2.75) is 13.8 Å². The molecule has 0 saturated carbocycles.